The largest absolute Gasteiger partial charge is 0.494 e. The maximum Gasteiger partial charge on any atom is 0.341 e. The van der Waals surface area contributed by atoms with E-state index in [0.717, 1.165) is 68.9 Å². The Kier molecular flexibility index (Phi) is 20.7. The second kappa shape index (κ2) is 22.3. The van der Waals surface area contributed by atoms with Crippen LogP contribution in [0.25, 0.3) is 6.08 Å². The van der Waals surface area contributed by atoms with E-state index in [1.807, 2.05) is 24.3 Å². The standard InChI is InChI=1S/C29H47Cl3O3Si/c1-2-3-4-5-6-7-8-9-12-15-24-34-28-21-18-27(19-22-28)20-23-29(33)35-25-16-13-10-11-14-17-26-36(30,31)32/h18-23H,2-17,24-26H2,1H3/b23-20+. The topological polar surface area (TPSA) is 35.5 Å². The quantitative estimate of drug-likeness (QED) is 0.0426. The predicted octanol–water partition coefficient (Wildman–Crippen LogP) is 10.5. The number of carbonyl (C=O) groups is 1. The molecular weight excluding hydrogens is 531 g/mol. The molecule has 0 heterocycles. The summed E-state index contributed by atoms with van der Waals surface area (Å²) in [5, 5.41) is 0. The van der Waals surface area contributed by atoms with Gasteiger partial charge in [0, 0.05) is 6.08 Å². The van der Waals surface area contributed by atoms with Crippen LogP contribution in [0.3, 0.4) is 0 Å². The lowest BCUT2D eigenvalue weighted by Gasteiger charge is -2.07. The van der Waals surface area contributed by atoms with Crippen molar-refractivity contribution >= 4 is 51.3 Å². The Morgan fingerprint density at radius 3 is 1.78 bits per heavy atom. The van der Waals surface area contributed by atoms with Gasteiger partial charge in [0.15, 0.2) is 0 Å². The molecule has 3 nitrogen and oxygen atoms in total. The molecule has 0 aliphatic heterocycles. The molecule has 0 aromatic heterocycles. The Balaban J connectivity index is 2.02. The molecule has 206 valence electrons. The molecule has 0 saturated heterocycles. The number of esters is 1. The van der Waals surface area contributed by atoms with Crippen molar-refractivity contribution in [1.82, 2.24) is 0 Å². The average Bonchev–Trinajstić information content (AvgIpc) is 2.85. The lowest BCUT2D eigenvalue weighted by Crippen LogP contribution is -2.07. The molecule has 0 aliphatic carbocycles. The average molecular weight is 578 g/mol. The first kappa shape index (κ1) is 33.3. The van der Waals surface area contributed by atoms with Gasteiger partial charge in [0.25, 0.3) is 0 Å². The summed E-state index contributed by atoms with van der Waals surface area (Å²) in [7, 11) is 0. The Hall–Kier alpha value is -0.683. The fourth-order valence-corrected chi connectivity index (χ4v) is 5.83. The number of halogens is 3. The number of hydrogen-bond donors (Lipinski definition) is 0. The first-order chi connectivity index (χ1) is 17.4. The van der Waals surface area contributed by atoms with E-state index in [1.165, 1.54) is 63.9 Å². The van der Waals surface area contributed by atoms with Crippen molar-refractivity contribution in [2.75, 3.05) is 13.2 Å². The van der Waals surface area contributed by atoms with E-state index in [1.54, 1.807) is 6.08 Å². The van der Waals surface area contributed by atoms with Gasteiger partial charge in [-0.2, -0.15) is 0 Å². The summed E-state index contributed by atoms with van der Waals surface area (Å²) >= 11 is 17.6. The van der Waals surface area contributed by atoms with Crippen molar-refractivity contribution in [2.24, 2.45) is 0 Å². The smallest absolute Gasteiger partial charge is 0.341 e. The Bertz CT molecular complexity index is 690. The third-order valence-electron chi connectivity index (χ3n) is 6.16. The minimum Gasteiger partial charge on any atom is -0.494 e. The number of carbonyl (C=O) groups excluding carboxylic acids is 1. The molecule has 1 aromatic rings. The maximum absolute atomic E-state index is 11.9. The molecule has 0 N–H and O–H groups in total. The zero-order chi connectivity index (χ0) is 26.3. The third-order valence-corrected chi connectivity index (χ3v) is 8.78. The highest BCUT2D eigenvalue weighted by Gasteiger charge is 2.23. The first-order valence-electron chi connectivity index (χ1n) is 14.0. The summed E-state index contributed by atoms with van der Waals surface area (Å²) in [4.78, 5) is 11.9. The van der Waals surface area contributed by atoms with Crippen LogP contribution < -0.4 is 4.74 Å². The molecule has 0 spiro atoms. The SMILES string of the molecule is CCCCCCCCCCCCOc1ccc(/C=C/C(=O)OCCCCCCCC[Si](Cl)(Cl)Cl)cc1. The van der Waals surface area contributed by atoms with Crippen LogP contribution >= 0.6 is 33.2 Å². The Morgan fingerprint density at radius 1 is 0.722 bits per heavy atom. The molecule has 0 saturated carbocycles. The van der Waals surface area contributed by atoms with Gasteiger partial charge in [-0.15, -0.1) is 33.2 Å². The first-order valence-corrected chi connectivity index (χ1v) is 19.3. The molecule has 0 bridgehead atoms. The second-order valence-corrected chi connectivity index (χ2v) is 18.9. The minimum atomic E-state index is -2.46. The van der Waals surface area contributed by atoms with Crippen molar-refractivity contribution in [1.29, 1.82) is 0 Å². The molecule has 0 atom stereocenters. The van der Waals surface area contributed by atoms with Gasteiger partial charge in [0.05, 0.1) is 13.2 Å². The van der Waals surface area contributed by atoms with Gasteiger partial charge in [0.2, 0.25) is 0 Å². The van der Waals surface area contributed by atoms with Crippen LogP contribution in [-0.4, -0.2) is 25.2 Å². The molecule has 0 aliphatic rings. The van der Waals surface area contributed by atoms with E-state index in [9.17, 15) is 4.79 Å². The summed E-state index contributed by atoms with van der Waals surface area (Å²) in [6.07, 6.45) is 22.7. The fraction of sp³-hybridized carbons (Fsp3) is 0.690. The highest BCUT2D eigenvalue weighted by molar-refractivity contribution is 7.64. The van der Waals surface area contributed by atoms with Gasteiger partial charge in [-0.25, -0.2) is 4.79 Å². The van der Waals surface area contributed by atoms with E-state index >= 15 is 0 Å². The van der Waals surface area contributed by atoms with E-state index < -0.39 is 6.00 Å². The van der Waals surface area contributed by atoms with Crippen LogP contribution in [0.5, 0.6) is 5.75 Å². The number of ether oxygens (including phenoxy) is 2. The molecule has 0 amide bonds. The molecule has 1 rings (SSSR count). The number of rotatable bonds is 23. The van der Waals surface area contributed by atoms with Crippen LogP contribution in [-0.2, 0) is 9.53 Å². The van der Waals surface area contributed by atoms with Crippen molar-refractivity contribution in [3.63, 3.8) is 0 Å². The molecule has 36 heavy (non-hydrogen) atoms. The summed E-state index contributed by atoms with van der Waals surface area (Å²) in [5.41, 5.74) is 0.955. The number of hydrogen-bond acceptors (Lipinski definition) is 3. The van der Waals surface area contributed by atoms with Gasteiger partial charge in [-0.1, -0.05) is 109 Å². The number of benzene rings is 1. The number of unbranched alkanes of at least 4 members (excludes halogenated alkanes) is 14. The van der Waals surface area contributed by atoms with Crippen LogP contribution in [0.4, 0.5) is 0 Å². The highest BCUT2D eigenvalue weighted by atomic mass is 35.8. The molecule has 0 unspecified atom stereocenters. The molecule has 1 aromatic carbocycles. The van der Waals surface area contributed by atoms with E-state index in [2.05, 4.69) is 6.92 Å². The van der Waals surface area contributed by atoms with Crippen LogP contribution in [0.1, 0.15) is 115 Å². The highest BCUT2D eigenvalue weighted by Crippen LogP contribution is 2.27. The Labute approximate surface area is 235 Å². The van der Waals surface area contributed by atoms with Crippen LogP contribution in [0.15, 0.2) is 30.3 Å². The molecule has 7 heteroatoms. The van der Waals surface area contributed by atoms with Gasteiger partial charge < -0.3 is 9.47 Å². The second-order valence-electron chi connectivity index (χ2n) is 9.59. The van der Waals surface area contributed by atoms with E-state index in [0.29, 0.717) is 6.61 Å². The minimum absolute atomic E-state index is 0.302. The van der Waals surface area contributed by atoms with Crippen molar-refractivity contribution in [3.8, 4) is 5.75 Å². The van der Waals surface area contributed by atoms with Crippen LogP contribution in [0.2, 0.25) is 6.04 Å². The summed E-state index contributed by atoms with van der Waals surface area (Å²) in [6.45, 7) is 3.48. The lowest BCUT2D eigenvalue weighted by atomic mass is 10.1. The van der Waals surface area contributed by atoms with Gasteiger partial charge in [-0.05, 0) is 42.7 Å². The zero-order valence-corrected chi connectivity index (χ0v) is 25.5. The molecule has 0 radical (unpaired) electrons. The monoisotopic (exact) mass is 576 g/mol. The summed E-state index contributed by atoms with van der Waals surface area (Å²) < 4.78 is 11.1. The van der Waals surface area contributed by atoms with Gasteiger partial charge >= 0.3 is 12.0 Å². The normalized spacial score (nSPS) is 11.8. The van der Waals surface area contributed by atoms with Crippen molar-refractivity contribution in [3.05, 3.63) is 35.9 Å². The van der Waals surface area contributed by atoms with Gasteiger partial charge in [0.1, 0.15) is 5.75 Å². The predicted molar refractivity (Wildman–Crippen MR) is 160 cm³/mol. The third kappa shape index (κ3) is 21.4. The summed E-state index contributed by atoms with van der Waals surface area (Å²) in [5.74, 6) is 0.573. The van der Waals surface area contributed by atoms with Crippen molar-refractivity contribution < 1.29 is 14.3 Å². The van der Waals surface area contributed by atoms with Crippen molar-refractivity contribution in [2.45, 2.75) is 116 Å². The fourth-order valence-electron chi connectivity index (χ4n) is 3.97. The molecule has 0 fully saturated rings. The summed E-state index contributed by atoms with van der Waals surface area (Å²) in [6, 6.07) is 6.11. The maximum atomic E-state index is 11.9. The van der Waals surface area contributed by atoms with E-state index in [-0.39, 0.29) is 5.97 Å². The zero-order valence-electron chi connectivity index (χ0n) is 22.3. The Morgan fingerprint density at radius 2 is 1.22 bits per heavy atom. The molecular formula is C29H47Cl3O3Si. The van der Waals surface area contributed by atoms with Crippen LogP contribution in [0, 0.1) is 0 Å². The lowest BCUT2D eigenvalue weighted by molar-refractivity contribution is -0.137. The van der Waals surface area contributed by atoms with Gasteiger partial charge in [-0.3, -0.25) is 0 Å². The van der Waals surface area contributed by atoms with E-state index in [4.69, 9.17) is 42.7 Å².